The molecule has 0 saturated heterocycles. The molecular formula is C14H19NO. The molecule has 86 valence electrons. The predicted octanol–water partition coefficient (Wildman–Crippen LogP) is 2.33. The Balaban J connectivity index is 2.23. The van der Waals surface area contributed by atoms with Gasteiger partial charge in [-0.05, 0) is 42.9 Å². The Morgan fingerprint density at radius 3 is 2.88 bits per heavy atom. The number of fused-ring (bicyclic) bond motifs is 1. The number of amides is 1. The molecule has 2 heteroatoms. The molecule has 0 N–H and O–H groups in total. The number of likely N-dealkylation sites (N-methyl/N-ethyl adjacent to an activating group) is 1. The fourth-order valence-electron chi connectivity index (χ4n) is 2.54. The molecule has 0 heterocycles. The zero-order valence-corrected chi connectivity index (χ0v) is 10.3. The summed E-state index contributed by atoms with van der Waals surface area (Å²) in [6.45, 7) is 3.81. The Morgan fingerprint density at radius 2 is 2.19 bits per heavy atom. The van der Waals surface area contributed by atoms with E-state index in [2.05, 4.69) is 25.1 Å². The molecule has 0 spiro atoms. The van der Waals surface area contributed by atoms with Crippen molar-refractivity contribution in [1.82, 2.24) is 4.90 Å². The smallest absolute Gasteiger partial charge is 0.219 e. The first kappa shape index (κ1) is 11.2. The van der Waals surface area contributed by atoms with E-state index >= 15 is 0 Å². The van der Waals surface area contributed by atoms with Crippen LogP contribution in [-0.4, -0.2) is 23.9 Å². The van der Waals surface area contributed by atoms with Gasteiger partial charge in [0.25, 0.3) is 0 Å². The second-order valence-corrected chi connectivity index (χ2v) is 4.74. The molecule has 1 unspecified atom stereocenters. The average molecular weight is 217 g/mol. The van der Waals surface area contributed by atoms with E-state index in [4.69, 9.17) is 0 Å². The van der Waals surface area contributed by atoms with Gasteiger partial charge in [0.05, 0.1) is 0 Å². The summed E-state index contributed by atoms with van der Waals surface area (Å²) in [5.41, 5.74) is 4.28. The Kier molecular flexibility index (Phi) is 2.99. The van der Waals surface area contributed by atoms with Crippen LogP contribution in [0.15, 0.2) is 18.2 Å². The summed E-state index contributed by atoms with van der Waals surface area (Å²) in [5, 5.41) is 0. The van der Waals surface area contributed by atoms with Gasteiger partial charge in [0, 0.05) is 20.0 Å². The minimum Gasteiger partial charge on any atom is -0.343 e. The van der Waals surface area contributed by atoms with Gasteiger partial charge in [-0.15, -0.1) is 0 Å². The molecule has 0 aromatic heterocycles. The largest absolute Gasteiger partial charge is 0.343 e. The van der Waals surface area contributed by atoms with Gasteiger partial charge in [-0.2, -0.15) is 0 Å². The third kappa shape index (κ3) is 1.97. The molecular weight excluding hydrogens is 198 g/mol. The molecule has 2 nitrogen and oxygen atoms in total. The zero-order valence-electron chi connectivity index (χ0n) is 10.3. The molecule has 1 atom stereocenters. The molecule has 1 aliphatic carbocycles. The van der Waals surface area contributed by atoms with Gasteiger partial charge in [0.15, 0.2) is 0 Å². The number of hydrogen-bond acceptors (Lipinski definition) is 1. The van der Waals surface area contributed by atoms with Crippen LogP contribution in [0.4, 0.5) is 0 Å². The predicted molar refractivity (Wildman–Crippen MR) is 65.4 cm³/mol. The summed E-state index contributed by atoms with van der Waals surface area (Å²) in [6, 6.07) is 6.89. The van der Waals surface area contributed by atoms with E-state index in [9.17, 15) is 4.79 Å². The van der Waals surface area contributed by atoms with Crippen molar-refractivity contribution in [2.24, 2.45) is 0 Å². The van der Waals surface area contributed by atoms with Gasteiger partial charge in [-0.3, -0.25) is 4.79 Å². The molecule has 1 aliphatic rings. The van der Waals surface area contributed by atoms with Crippen LogP contribution in [0.25, 0.3) is 0 Å². The summed E-state index contributed by atoms with van der Waals surface area (Å²) in [7, 11) is 1.91. The van der Waals surface area contributed by atoms with E-state index < -0.39 is 0 Å². The normalized spacial score (nSPS) is 19.1. The van der Waals surface area contributed by atoms with Crippen molar-refractivity contribution in [2.75, 3.05) is 7.05 Å². The van der Waals surface area contributed by atoms with Crippen LogP contribution in [0.1, 0.15) is 30.0 Å². The Bertz CT molecular complexity index is 411. The summed E-state index contributed by atoms with van der Waals surface area (Å²) < 4.78 is 0. The molecule has 0 aliphatic heterocycles. The molecule has 16 heavy (non-hydrogen) atoms. The summed E-state index contributed by atoms with van der Waals surface area (Å²) in [6.07, 6.45) is 3.20. The van der Waals surface area contributed by atoms with Crippen LogP contribution in [0.3, 0.4) is 0 Å². The van der Waals surface area contributed by atoms with E-state index in [0.29, 0.717) is 6.04 Å². The number of aryl methyl sites for hydroxylation is 2. The zero-order chi connectivity index (χ0) is 11.7. The van der Waals surface area contributed by atoms with E-state index in [0.717, 1.165) is 19.3 Å². The van der Waals surface area contributed by atoms with E-state index in [1.165, 1.54) is 16.7 Å². The van der Waals surface area contributed by atoms with Crippen LogP contribution in [0, 0.1) is 6.92 Å². The number of carbonyl (C=O) groups excluding carboxylic acids is 1. The van der Waals surface area contributed by atoms with Gasteiger partial charge in [0.2, 0.25) is 5.91 Å². The number of benzene rings is 1. The van der Waals surface area contributed by atoms with Crippen molar-refractivity contribution >= 4 is 5.91 Å². The maximum absolute atomic E-state index is 11.4. The van der Waals surface area contributed by atoms with Crippen LogP contribution >= 0.6 is 0 Å². The third-order valence-corrected chi connectivity index (χ3v) is 3.74. The Hall–Kier alpha value is -1.31. The summed E-state index contributed by atoms with van der Waals surface area (Å²) in [5.74, 6) is 0.169. The maximum atomic E-state index is 11.4. The number of carbonyl (C=O) groups is 1. The monoisotopic (exact) mass is 217 g/mol. The molecule has 1 aromatic rings. The highest BCUT2D eigenvalue weighted by atomic mass is 16.2. The Morgan fingerprint density at radius 1 is 1.44 bits per heavy atom. The second-order valence-electron chi connectivity index (χ2n) is 4.74. The fourth-order valence-corrected chi connectivity index (χ4v) is 2.54. The van der Waals surface area contributed by atoms with E-state index in [-0.39, 0.29) is 5.91 Å². The summed E-state index contributed by atoms with van der Waals surface area (Å²) in [4.78, 5) is 13.3. The molecule has 0 radical (unpaired) electrons. The standard InChI is InChI=1S/C14H19NO/c1-10-5-4-6-12-7-8-13(9-14(10)12)15(3)11(2)16/h4-6,13H,7-9H2,1-3H3. The molecule has 0 bridgehead atoms. The lowest BCUT2D eigenvalue weighted by Gasteiger charge is -2.32. The third-order valence-electron chi connectivity index (χ3n) is 3.74. The van der Waals surface area contributed by atoms with Crippen LogP contribution in [0.5, 0.6) is 0 Å². The van der Waals surface area contributed by atoms with Gasteiger partial charge in [-0.25, -0.2) is 0 Å². The lowest BCUT2D eigenvalue weighted by molar-refractivity contribution is -0.129. The fraction of sp³-hybridized carbons (Fsp3) is 0.500. The highest BCUT2D eigenvalue weighted by Gasteiger charge is 2.23. The lowest BCUT2D eigenvalue weighted by atomic mass is 9.85. The summed E-state index contributed by atoms with van der Waals surface area (Å²) >= 11 is 0. The van der Waals surface area contributed by atoms with Crippen molar-refractivity contribution in [3.8, 4) is 0 Å². The first-order valence-corrected chi connectivity index (χ1v) is 5.90. The minimum atomic E-state index is 0.169. The highest BCUT2D eigenvalue weighted by molar-refractivity contribution is 5.73. The van der Waals surface area contributed by atoms with Crippen LogP contribution in [0.2, 0.25) is 0 Å². The first-order valence-electron chi connectivity index (χ1n) is 5.90. The second kappa shape index (κ2) is 4.28. The van der Waals surface area contributed by atoms with Crippen LogP contribution in [-0.2, 0) is 17.6 Å². The van der Waals surface area contributed by atoms with E-state index in [1.807, 2.05) is 11.9 Å². The van der Waals surface area contributed by atoms with Crippen molar-refractivity contribution in [3.05, 3.63) is 34.9 Å². The Labute approximate surface area is 97.3 Å². The van der Waals surface area contributed by atoms with Crippen molar-refractivity contribution in [1.29, 1.82) is 0 Å². The number of hydrogen-bond donors (Lipinski definition) is 0. The van der Waals surface area contributed by atoms with Crippen molar-refractivity contribution in [2.45, 2.75) is 39.2 Å². The maximum Gasteiger partial charge on any atom is 0.219 e. The quantitative estimate of drug-likeness (QED) is 0.707. The minimum absolute atomic E-state index is 0.169. The lowest BCUT2D eigenvalue weighted by Crippen LogP contribution is -2.39. The highest BCUT2D eigenvalue weighted by Crippen LogP contribution is 2.26. The number of rotatable bonds is 1. The SMILES string of the molecule is CC(=O)N(C)C1CCc2cccc(C)c2C1. The first-order chi connectivity index (χ1) is 7.59. The van der Waals surface area contributed by atoms with Crippen LogP contribution < -0.4 is 0 Å². The molecule has 0 fully saturated rings. The molecule has 1 amide bonds. The topological polar surface area (TPSA) is 20.3 Å². The average Bonchev–Trinajstić information content (AvgIpc) is 2.28. The van der Waals surface area contributed by atoms with Crippen molar-refractivity contribution < 1.29 is 4.79 Å². The molecule has 2 rings (SSSR count). The van der Waals surface area contributed by atoms with Gasteiger partial charge in [0.1, 0.15) is 0 Å². The number of nitrogens with zero attached hydrogens (tertiary/aromatic N) is 1. The van der Waals surface area contributed by atoms with Gasteiger partial charge >= 0.3 is 0 Å². The van der Waals surface area contributed by atoms with Crippen molar-refractivity contribution in [3.63, 3.8) is 0 Å². The molecule has 1 aromatic carbocycles. The molecule has 0 saturated carbocycles. The van der Waals surface area contributed by atoms with Gasteiger partial charge < -0.3 is 4.90 Å². The van der Waals surface area contributed by atoms with Gasteiger partial charge in [-0.1, -0.05) is 18.2 Å². The van der Waals surface area contributed by atoms with E-state index in [1.54, 1.807) is 6.92 Å².